The van der Waals surface area contributed by atoms with Crippen molar-refractivity contribution < 1.29 is 4.39 Å². The molecule has 0 saturated heterocycles. The molecule has 16 heavy (non-hydrogen) atoms. The van der Waals surface area contributed by atoms with Crippen LogP contribution in [0.1, 0.15) is 17.2 Å². The fourth-order valence-corrected chi connectivity index (χ4v) is 2.30. The number of benzene rings is 2. The van der Waals surface area contributed by atoms with Crippen molar-refractivity contribution in [1.29, 1.82) is 0 Å². The lowest BCUT2D eigenvalue weighted by Gasteiger charge is -2.14. The van der Waals surface area contributed by atoms with Crippen LogP contribution in [0.4, 0.5) is 4.39 Å². The Labute approximate surface area is 108 Å². The van der Waals surface area contributed by atoms with Gasteiger partial charge in [0.25, 0.3) is 0 Å². The lowest BCUT2D eigenvalue weighted by molar-refractivity contribution is 0.626. The van der Waals surface area contributed by atoms with E-state index < -0.39 is 0 Å². The quantitative estimate of drug-likeness (QED) is 0.840. The predicted octanol–water partition coefficient (Wildman–Crippen LogP) is 3.48. The SMILES string of the molecule is N[C@H](c1ccc(F)cc1)c1ccccc1I. The molecule has 0 fully saturated rings. The van der Waals surface area contributed by atoms with Crippen LogP contribution in [0.15, 0.2) is 48.5 Å². The molecule has 82 valence electrons. The molecule has 0 aliphatic carbocycles. The van der Waals surface area contributed by atoms with Crippen molar-refractivity contribution in [3.05, 3.63) is 69.0 Å². The second-order valence-corrected chi connectivity index (χ2v) is 4.71. The van der Waals surface area contributed by atoms with Gasteiger partial charge in [-0.1, -0.05) is 30.3 Å². The van der Waals surface area contributed by atoms with Gasteiger partial charge in [0.1, 0.15) is 5.82 Å². The first kappa shape index (κ1) is 11.5. The van der Waals surface area contributed by atoms with E-state index in [0.29, 0.717) is 0 Å². The Morgan fingerprint density at radius 3 is 2.25 bits per heavy atom. The number of hydrogen-bond acceptors (Lipinski definition) is 1. The van der Waals surface area contributed by atoms with Crippen LogP contribution < -0.4 is 5.73 Å². The standard InChI is InChI=1S/C13H11FIN/c14-10-7-5-9(6-8-10)13(16)11-3-1-2-4-12(11)15/h1-8,13H,16H2/t13-/m1/s1. The summed E-state index contributed by atoms with van der Waals surface area (Å²) in [5, 5.41) is 0. The maximum Gasteiger partial charge on any atom is 0.123 e. The third-order valence-corrected chi connectivity index (χ3v) is 3.45. The van der Waals surface area contributed by atoms with E-state index >= 15 is 0 Å². The molecule has 1 nitrogen and oxygen atoms in total. The van der Waals surface area contributed by atoms with Gasteiger partial charge in [0.05, 0.1) is 6.04 Å². The van der Waals surface area contributed by atoms with Crippen LogP contribution in [-0.2, 0) is 0 Å². The lowest BCUT2D eigenvalue weighted by atomic mass is 10.00. The molecule has 0 aromatic heterocycles. The van der Waals surface area contributed by atoms with Crippen molar-refractivity contribution >= 4 is 22.6 Å². The van der Waals surface area contributed by atoms with Gasteiger partial charge in [0.2, 0.25) is 0 Å². The molecule has 0 saturated carbocycles. The van der Waals surface area contributed by atoms with Crippen LogP contribution in [0.2, 0.25) is 0 Å². The molecule has 2 aromatic carbocycles. The summed E-state index contributed by atoms with van der Waals surface area (Å²) in [4.78, 5) is 0. The van der Waals surface area contributed by atoms with Gasteiger partial charge in [0, 0.05) is 3.57 Å². The van der Waals surface area contributed by atoms with Crippen molar-refractivity contribution in [2.75, 3.05) is 0 Å². The molecule has 2 rings (SSSR count). The van der Waals surface area contributed by atoms with Gasteiger partial charge >= 0.3 is 0 Å². The summed E-state index contributed by atoms with van der Waals surface area (Å²) in [6.45, 7) is 0. The number of nitrogens with two attached hydrogens (primary N) is 1. The predicted molar refractivity (Wildman–Crippen MR) is 71.6 cm³/mol. The maximum atomic E-state index is 12.8. The molecular weight excluding hydrogens is 316 g/mol. The smallest absolute Gasteiger partial charge is 0.123 e. The van der Waals surface area contributed by atoms with E-state index in [2.05, 4.69) is 22.6 Å². The fraction of sp³-hybridized carbons (Fsp3) is 0.0769. The van der Waals surface area contributed by atoms with Gasteiger partial charge in [0.15, 0.2) is 0 Å². The molecule has 0 spiro atoms. The molecule has 2 aromatic rings. The Bertz CT molecular complexity index is 482. The molecule has 3 heteroatoms. The number of hydrogen-bond donors (Lipinski definition) is 1. The first-order chi connectivity index (χ1) is 7.68. The van der Waals surface area contributed by atoms with E-state index in [1.54, 1.807) is 12.1 Å². The summed E-state index contributed by atoms with van der Waals surface area (Å²) in [5.74, 6) is -0.237. The highest BCUT2D eigenvalue weighted by molar-refractivity contribution is 14.1. The molecular formula is C13H11FIN. The van der Waals surface area contributed by atoms with Crippen LogP contribution >= 0.6 is 22.6 Å². The second kappa shape index (κ2) is 4.93. The minimum Gasteiger partial charge on any atom is -0.320 e. The maximum absolute atomic E-state index is 12.8. The van der Waals surface area contributed by atoms with Crippen LogP contribution in [-0.4, -0.2) is 0 Å². The average Bonchev–Trinajstić information content (AvgIpc) is 2.30. The highest BCUT2D eigenvalue weighted by Crippen LogP contribution is 2.23. The van der Waals surface area contributed by atoms with Crippen molar-refractivity contribution in [2.45, 2.75) is 6.04 Å². The normalized spacial score (nSPS) is 12.4. The van der Waals surface area contributed by atoms with Crippen LogP contribution in [0.3, 0.4) is 0 Å². The largest absolute Gasteiger partial charge is 0.320 e. The first-order valence-electron chi connectivity index (χ1n) is 4.94. The molecule has 0 bridgehead atoms. The molecule has 0 amide bonds. The van der Waals surface area contributed by atoms with E-state index in [1.165, 1.54) is 12.1 Å². The topological polar surface area (TPSA) is 26.0 Å². The first-order valence-corrected chi connectivity index (χ1v) is 6.02. The number of halogens is 2. The van der Waals surface area contributed by atoms with Gasteiger partial charge in [-0.25, -0.2) is 4.39 Å². The molecule has 0 aliphatic rings. The van der Waals surface area contributed by atoms with E-state index in [-0.39, 0.29) is 11.9 Å². The number of rotatable bonds is 2. The molecule has 1 atom stereocenters. The van der Waals surface area contributed by atoms with E-state index in [1.807, 2.05) is 24.3 Å². The summed E-state index contributed by atoms with van der Waals surface area (Å²) < 4.78 is 13.9. The van der Waals surface area contributed by atoms with Crippen LogP contribution in [0, 0.1) is 9.39 Å². The second-order valence-electron chi connectivity index (χ2n) is 3.55. The Morgan fingerprint density at radius 2 is 1.62 bits per heavy atom. The van der Waals surface area contributed by atoms with Crippen molar-refractivity contribution in [2.24, 2.45) is 5.73 Å². The summed E-state index contributed by atoms with van der Waals surface area (Å²) in [6.07, 6.45) is 0. The molecule has 0 aliphatic heterocycles. The van der Waals surface area contributed by atoms with Gasteiger partial charge in [-0.05, 0) is 51.9 Å². The molecule has 0 radical (unpaired) electrons. The third-order valence-electron chi connectivity index (χ3n) is 2.47. The average molecular weight is 327 g/mol. The monoisotopic (exact) mass is 327 g/mol. The fourth-order valence-electron chi connectivity index (χ4n) is 1.58. The molecule has 2 N–H and O–H groups in total. The van der Waals surface area contributed by atoms with Crippen LogP contribution in [0.5, 0.6) is 0 Å². The van der Waals surface area contributed by atoms with Crippen molar-refractivity contribution in [1.82, 2.24) is 0 Å². The van der Waals surface area contributed by atoms with Gasteiger partial charge in [-0.2, -0.15) is 0 Å². The molecule has 0 unspecified atom stereocenters. The zero-order valence-electron chi connectivity index (χ0n) is 8.53. The van der Waals surface area contributed by atoms with E-state index in [0.717, 1.165) is 14.7 Å². The summed E-state index contributed by atoms with van der Waals surface area (Å²) in [7, 11) is 0. The summed E-state index contributed by atoms with van der Waals surface area (Å²) in [5.41, 5.74) is 8.13. The van der Waals surface area contributed by atoms with Gasteiger partial charge in [-0.15, -0.1) is 0 Å². The van der Waals surface area contributed by atoms with Crippen molar-refractivity contribution in [3.63, 3.8) is 0 Å². The highest BCUT2D eigenvalue weighted by atomic mass is 127. The molecule has 0 heterocycles. The third kappa shape index (κ3) is 2.41. The minimum atomic E-state index is -0.237. The van der Waals surface area contributed by atoms with Gasteiger partial charge < -0.3 is 5.73 Å². The Morgan fingerprint density at radius 1 is 1.00 bits per heavy atom. The van der Waals surface area contributed by atoms with Gasteiger partial charge in [-0.3, -0.25) is 0 Å². The lowest BCUT2D eigenvalue weighted by Crippen LogP contribution is -2.13. The van der Waals surface area contributed by atoms with E-state index in [4.69, 9.17) is 5.73 Å². The zero-order chi connectivity index (χ0) is 11.5. The minimum absolute atomic E-state index is 0.200. The van der Waals surface area contributed by atoms with E-state index in [9.17, 15) is 4.39 Å². The Kier molecular flexibility index (Phi) is 3.56. The summed E-state index contributed by atoms with van der Waals surface area (Å²) >= 11 is 2.25. The highest BCUT2D eigenvalue weighted by Gasteiger charge is 2.11. The van der Waals surface area contributed by atoms with Crippen molar-refractivity contribution in [3.8, 4) is 0 Å². The zero-order valence-corrected chi connectivity index (χ0v) is 10.7. The Hall–Kier alpha value is -0.940. The van der Waals surface area contributed by atoms with Crippen LogP contribution in [0.25, 0.3) is 0 Å². The Balaban J connectivity index is 2.35. The summed E-state index contributed by atoms with van der Waals surface area (Å²) in [6, 6.07) is 14.1.